The first kappa shape index (κ1) is 20.5. The van der Waals surface area contributed by atoms with Crippen LogP contribution in [0.15, 0.2) is 54.6 Å². The maximum absolute atomic E-state index is 13.4. The van der Waals surface area contributed by atoms with Gasteiger partial charge in [0.15, 0.2) is 0 Å². The second kappa shape index (κ2) is 8.51. The number of halogens is 3. The zero-order valence-electron chi connectivity index (χ0n) is 16.9. The molecule has 29 heavy (non-hydrogen) atoms. The molecule has 4 rings (SSSR count). The third kappa shape index (κ3) is 4.85. The van der Waals surface area contributed by atoms with Crippen molar-refractivity contribution in [3.05, 3.63) is 71.3 Å². The van der Waals surface area contributed by atoms with Crippen LogP contribution in [0.2, 0.25) is 0 Å². The molecule has 1 aliphatic carbocycles. The molecule has 1 saturated carbocycles. The van der Waals surface area contributed by atoms with Crippen molar-refractivity contribution in [1.82, 2.24) is 4.90 Å². The Labute approximate surface area is 171 Å². The smallest absolute Gasteiger partial charge is 0.302 e. The summed E-state index contributed by atoms with van der Waals surface area (Å²) in [6, 6.07) is 19.3. The molecular weight excluding hydrogens is 371 g/mol. The average molecular weight is 402 g/mol. The molecule has 2 fully saturated rings. The third-order valence-corrected chi connectivity index (χ3v) is 6.94. The Kier molecular flexibility index (Phi) is 6.00. The van der Waals surface area contributed by atoms with Crippen molar-refractivity contribution < 1.29 is 13.2 Å². The first-order valence-electron chi connectivity index (χ1n) is 10.8. The van der Waals surface area contributed by atoms with Gasteiger partial charge in [0.25, 0.3) is 0 Å². The maximum Gasteiger partial charge on any atom is 0.395 e. The lowest BCUT2D eigenvalue weighted by Gasteiger charge is -2.47. The Morgan fingerprint density at radius 2 is 1.41 bits per heavy atom. The fraction of sp³-hybridized carbons (Fsp3) is 0.520. The van der Waals surface area contributed by atoms with Gasteiger partial charge in [0.2, 0.25) is 0 Å². The molecule has 1 saturated heterocycles. The lowest BCUT2D eigenvalue weighted by molar-refractivity contribution is -0.256. The third-order valence-electron chi connectivity index (χ3n) is 6.94. The Balaban J connectivity index is 1.25. The minimum Gasteiger partial charge on any atom is -0.302 e. The normalized spacial score (nSPS) is 20.4. The largest absolute Gasteiger partial charge is 0.395 e. The summed E-state index contributed by atoms with van der Waals surface area (Å²) in [4.78, 5) is 2.06. The van der Waals surface area contributed by atoms with E-state index < -0.39 is 11.6 Å². The van der Waals surface area contributed by atoms with Gasteiger partial charge in [-0.05, 0) is 74.2 Å². The predicted octanol–water partition coefficient (Wildman–Crippen LogP) is 6.26. The van der Waals surface area contributed by atoms with Gasteiger partial charge < -0.3 is 4.90 Å². The van der Waals surface area contributed by atoms with Gasteiger partial charge in [-0.15, -0.1) is 0 Å². The average Bonchev–Trinajstić information content (AvgIpc) is 2.67. The van der Waals surface area contributed by atoms with E-state index in [1.807, 2.05) is 6.07 Å². The van der Waals surface area contributed by atoms with Crippen LogP contribution in [0, 0.1) is 11.3 Å². The molecule has 0 bridgehead atoms. The van der Waals surface area contributed by atoms with Gasteiger partial charge in [0, 0.05) is 6.54 Å². The van der Waals surface area contributed by atoms with Gasteiger partial charge in [0.05, 0.1) is 5.41 Å². The summed E-state index contributed by atoms with van der Waals surface area (Å²) >= 11 is 0. The van der Waals surface area contributed by atoms with E-state index in [9.17, 15) is 13.2 Å². The molecule has 0 unspecified atom stereocenters. The van der Waals surface area contributed by atoms with E-state index in [0.29, 0.717) is 18.8 Å². The van der Waals surface area contributed by atoms with Gasteiger partial charge in [-0.2, -0.15) is 13.2 Å². The van der Waals surface area contributed by atoms with Gasteiger partial charge in [0.1, 0.15) is 0 Å². The lowest BCUT2D eigenvalue weighted by Crippen LogP contribution is -2.53. The molecule has 0 radical (unpaired) electrons. The number of benzene rings is 2. The zero-order valence-corrected chi connectivity index (χ0v) is 16.9. The lowest BCUT2D eigenvalue weighted by atomic mass is 9.67. The summed E-state index contributed by atoms with van der Waals surface area (Å²) in [5, 5.41) is 0. The highest BCUT2D eigenvalue weighted by atomic mass is 19.4. The monoisotopic (exact) mass is 401 g/mol. The summed E-state index contributed by atoms with van der Waals surface area (Å²) in [7, 11) is 0. The van der Waals surface area contributed by atoms with Crippen LogP contribution >= 0.6 is 0 Å². The van der Waals surface area contributed by atoms with Gasteiger partial charge in [-0.25, -0.2) is 0 Å². The number of alkyl halides is 3. The van der Waals surface area contributed by atoms with Crippen molar-refractivity contribution in [2.45, 2.75) is 51.1 Å². The number of likely N-dealkylation sites (tertiary alicyclic amines) is 1. The van der Waals surface area contributed by atoms with Crippen molar-refractivity contribution >= 4 is 0 Å². The van der Waals surface area contributed by atoms with Crippen LogP contribution in [0.3, 0.4) is 0 Å². The number of nitrogens with zero attached hydrogens (tertiary/aromatic N) is 1. The fourth-order valence-electron chi connectivity index (χ4n) is 4.87. The molecule has 0 N–H and O–H groups in total. The topological polar surface area (TPSA) is 3.24 Å². The van der Waals surface area contributed by atoms with Crippen LogP contribution in [-0.4, -0.2) is 30.7 Å². The molecular formula is C25H30F3N. The molecule has 2 aliphatic rings. The minimum absolute atomic E-state index is 0.206. The number of hydrogen-bond donors (Lipinski definition) is 0. The Morgan fingerprint density at radius 1 is 0.828 bits per heavy atom. The standard InChI is InChI=1S/C25H30F3N/c26-25(27,28)24(13-4-14-24)19-29-15-11-23(12-16-29)18-22-9-7-21(8-10-22)17-20-5-2-1-3-6-20/h1-3,5-10,23H,4,11-19H2. The quantitative estimate of drug-likeness (QED) is 0.552. The Bertz CT molecular complexity index is 770. The van der Waals surface area contributed by atoms with E-state index in [1.54, 1.807) is 0 Å². The molecule has 1 heterocycles. The Hall–Kier alpha value is -1.81. The second-order valence-electron chi connectivity index (χ2n) is 9.03. The van der Waals surface area contributed by atoms with Crippen LogP contribution in [0.4, 0.5) is 13.2 Å². The van der Waals surface area contributed by atoms with Crippen LogP contribution in [0.25, 0.3) is 0 Å². The minimum atomic E-state index is -4.05. The molecule has 1 nitrogen and oxygen atoms in total. The van der Waals surface area contributed by atoms with Crippen LogP contribution in [-0.2, 0) is 12.8 Å². The molecule has 2 aromatic rings. The van der Waals surface area contributed by atoms with E-state index in [0.717, 1.165) is 45.2 Å². The van der Waals surface area contributed by atoms with Gasteiger partial charge in [-0.1, -0.05) is 61.0 Å². The van der Waals surface area contributed by atoms with E-state index in [4.69, 9.17) is 0 Å². The van der Waals surface area contributed by atoms with Crippen LogP contribution in [0.5, 0.6) is 0 Å². The highest BCUT2D eigenvalue weighted by molar-refractivity contribution is 5.28. The Morgan fingerprint density at radius 3 is 1.97 bits per heavy atom. The SMILES string of the molecule is FC(F)(F)C1(CN2CCC(Cc3ccc(Cc4ccccc4)cc3)CC2)CCC1. The van der Waals surface area contributed by atoms with Crippen molar-refractivity contribution in [2.75, 3.05) is 19.6 Å². The maximum atomic E-state index is 13.4. The summed E-state index contributed by atoms with van der Waals surface area (Å²) in [6.45, 7) is 1.81. The van der Waals surface area contributed by atoms with E-state index in [2.05, 4.69) is 53.4 Å². The number of piperidine rings is 1. The van der Waals surface area contributed by atoms with Crippen molar-refractivity contribution in [3.63, 3.8) is 0 Å². The summed E-state index contributed by atoms with van der Waals surface area (Å²) in [5.41, 5.74) is 2.54. The molecule has 156 valence electrons. The molecule has 0 amide bonds. The summed E-state index contributed by atoms with van der Waals surface area (Å²) in [6.07, 6.45) is 1.26. The fourth-order valence-corrected chi connectivity index (χ4v) is 4.87. The van der Waals surface area contributed by atoms with Crippen molar-refractivity contribution in [2.24, 2.45) is 11.3 Å². The van der Waals surface area contributed by atoms with Crippen molar-refractivity contribution in [3.8, 4) is 0 Å². The molecule has 0 atom stereocenters. The first-order valence-corrected chi connectivity index (χ1v) is 10.8. The first-order chi connectivity index (χ1) is 13.9. The second-order valence-corrected chi connectivity index (χ2v) is 9.03. The van der Waals surface area contributed by atoms with E-state index in [1.165, 1.54) is 16.7 Å². The molecule has 1 aliphatic heterocycles. The van der Waals surface area contributed by atoms with Crippen LogP contribution < -0.4 is 0 Å². The van der Waals surface area contributed by atoms with E-state index in [-0.39, 0.29) is 6.54 Å². The molecule has 4 heteroatoms. The zero-order chi connectivity index (χ0) is 20.3. The number of hydrogen-bond acceptors (Lipinski definition) is 1. The molecule has 0 aromatic heterocycles. The van der Waals surface area contributed by atoms with Crippen molar-refractivity contribution in [1.29, 1.82) is 0 Å². The highest BCUT2D eigenvalue weighted by Gasteiger charge is 2.58. The molecule has 0 spiro atoms. The molecule has 2 aromatic carbocycles. The van der Waals surface area contributed by atoms with Gasteiger partial charge in [-0.3, -0.25) is 0 Å². The predicted molar refractivity (Wildman–Crippen MR) is 111 cm³/mol. The van der Waals surface area contributed by atoms with E-state index >= 15 is 0 Å². The summed E-state index contributed by atoms with van der Waals surface area (Å²) in [5.74, 6) is 0.578. The number of rotatable bonds is 6. The van der Waals surface area contributed by atoms with Crippen LogP contribution in [0.1, 0.15) is 48.8 Å². The van der Waals surface area contributed by atoms with Gasteiger partial charge >= 0.3 is 6.18 Å². The highest BCUT2D eigenvalue weighted by Crippen LogP contribution is 2.53. The summed E-state index contributed by atoms with van der Waals surface area (Å²) < 4.78 is 40.3.